The van der Waals surface area contributed by atoms with Gasteiger partial charge in [0, 0.05) is 13.1 Å². The van der Waals surface area contributed by atoms with Crippen molar-refractivity contribution in [2.75, 3.05) is 20.1 Å². The van der Waals surface area contributed by atoms with Crippen LogP contribution in [0.15, 0.2) is 18.2 Å². The number of ether oxygens (including phenoxy) is 1. The summed E-state index contributed by atoms with van der Waals surface area (Å²) in [7, 11) is 2.12. The van der Waals surface area contributed by atoms with Gasteiger partial charge >= 0.3 is 0 Å². The highest BCUT2D eigenvalue weighted by Gasteiger charge is 2.32. The fourth-order valence-corrected chi connectivity index (χ4v) is 2.80. The molecule has 2 N–H and O–H groups in total. The standard InChI is InChI=1S/C14H21ClN2O/c1-14(6-3-7-17(2)10-14)18-13-5-4-11(9-16)8-12(13)15/h4-5,8H,3,6-7,9-10,16H2,1-2H3. The summed E-state index contributed by atoms with van der Waals surface area (Å²) in [5.41, 5.74) is 6.47. The second-order valence-electron chi connectivity index (χ2n) is 5.36. The number of likely N-dealkylation sites (N-methyl/N-ethyl adjacent to an activating group) is 1. The number of hydrogen-bond acceptors (Lipinski definition) is 3. The Hall–Kier alpha value is -0.770. The fourth-order valence-electron chi connectivity index (χ4n) is 2.55. The van der Waals surface area contributed by atoms with E-state index >= 15 is 0 Å². The van der Waals surface area contributed by atoms with Crippen LogP contribution in [0.4, 0.5) is 0 Å². The maximum atomic E-state index is 6.23. The second-order valence-corrected chi connectivity index (χ2v) is 5.77. The van der Waals surface area contributed by atoms with E-state index in [1.807, 2.05) is 18.2 Å². The zero-order chi connectivity index (χ0) is 13.2. The third-order valence-electron chi connectivity index (χ3n) is 3.44. The van der Waals surface area contributed by atoms with Crippen LogP contribution in [-0.2, 0) is 6.54 Å². The number of hydrogen-bond donors (Lipinski definition) is 1. The van der Waals surface area contributed by atoms with Crippen LogP contribution in [-0.4, -0.2) is 30.6 Å². The van der Waals surface area contributed by atoms with E-state index in [-0.39, 0.29) is 5.60 Å². The van der Waals surface area contributed by atoms with E-state index in [0.717, 1.165) is 37.2 Å². The Morgan fingerprint density at radius 2 is 2.28 bits per heavy atom. The van der Waals surface area contributed by atoms with E-state index in [9.17, 15) is 0 Å². The summed E-state index contributed by atoms with van der Waals surface area (Å²) in [6, 6.07) is 5.77. The lowest BCUT2D eigenvalue weighted by Crippen LogP contribution is -2.48. The first kappa shape index (κ1) is 13.7. The fraction of sp³-hybridized carbons (Fsp3) is 0.571. The lowest BCUT2D eigenvalue weighted by Gasteiger charge is -2.39. The van der Waals surface area contributed by atoms with Gasteiger partial charge in [0.15, 0.2) is 0 Å². The summed E-state index contributed by atoms with van der Waals surface area (Å²) >= 11 is 6.23. The molecular formula is C14H21ClN2O. The van der Waals surface area contributed by atoms with Crippen molar-refractivity contribution in [2.24, 2.45) is 5.73 Å². The van der Waals surface area contributed by atoms with Gasteiger partial charge in [-0.25, -0.2) is 0 Å². The number of piperidine rings is 1. The van der Waals surface area contributed by atoms with Crippen molar-refractivity contribution in [3.63, 3.8) is 0 Å². The normalized spacial score (nSPS) is 25.1. The number of nitrogens with two attached hydrogens (primary N) is 1. The summed E-state index contributed by atoms with van der Waals surface area (Å²) in [4.78, 5) is 2.30. The molecule has 1 saturated heterocycles. The Morgan fingerprint density at radius 3 is 2.89 bits per heavy atom. The average molecular weight is 269 g/mol. The molecular weight excluding hydrogens is 248 g/mol. The summed E-state index contributed by atoms with van der Waals surface area (Å²) in [6.45, 7) is 4.72. The van der Waals surface area contributed by atoms with Crippen LogP contribution in [0.5, 0.6) is 5.75 Å². The van der Waals surface area contributed by atoms with Crippen LogP contribution in [0.25, 0.3) is 0 Å². The van der Waals surface area contributed by atoms with Crippen molar-refractivity contribution in [2.45, 2.75) is 31.9 Å². The first-order valence-corrected chi connectivity index (χ1v) is 6.76. The SMILES string of the molecule is CN1CCCC(C)(Oc2ccc(CN)cc2Cl)C1. The largest absolute Gasteiger partial charge is 0.485 e. The molecule has 0 spiro atoms. The minimum Gasteiger partial charge on any atom is -0.485 e. The van der Waals surface area contributed by atoms with Gasteiger partial charge in [0.1, 0.15) is 11.4 Å². The van der Waals surface area contributed by atoms with E-state index < -0.39 is 0 Å². The van der Waals surface area contributed by atoms with Gasteiger partial charge in [-0.2, -0.15) is 0 Å². The molecule has 1 atom stereocenters. The molecule has 1 fully saturated rings. The molecule has 1 heterocycles. The van der Waals surface area contributed by atoms with Crippen LogP contribution in [0.1, 0.15) is 25.3 Å². The molecule has 1 aliphatic rings. The molecule has 2 rings (SSSR count). The van der Waals surface area contributed by atoms with Gasteiger partial charge in [0.05, 0.1) is 5.02 Å². The Kier molecular flexibility index (Phi) is 4.15. The Labute approximate surface area is 114 Å². The van der Waals surface area contributed by atoms with Gasteiger partial charge in [0.2, 0.25) is 0 Å². The van der Waals surface area contributed by atoms with E-state index in [1.165, 1.54) is 0 Å². The molecule has 1 unspecified atom stereocenters. The van der Waals surface area contributed by atoms with E-state index in [4.69, 9.17) is 22.1 Å². The van der Waals surface area contributed by atoms with Gasteiger partial charge in [-0.1, -0.05) is 17.7 Å². The van der Waals surface area contributed by atoms with Crippen molar-refractivity contribution in [3.8, 4) is 5.75 Å². The summed E-state index contributed by atoms with van der Waals surface area (Å²) in [5, 5.41) is 0.646. The Morgan fingerprint density at radius 1 is 1.50 bits per heavy atom. The average Bonchev–Trinajstić information content (AvgIpc) is 2.31. The van der Waals surface area contributed by atoms with Gasteiger partial charge in [0.25, 0.3) is 0 Å². The second kappa shape index (κ2) is 5.47. The summed E-state index contributed by atoms with van der Waals surface area (Å²) < 4.78 is 6.13. The molecule has 4 heteroatoms. The highest BCUT2D eigenvalue weighted by molar-refractivity contribution is 6.32. The van der Waals surface area contributed by atoms with Crippen LogP contribution < -0.4 is 10.5 Å². The van der Waals surface area contributed by atoms with Gasteiger partial charge in [-0.15, -0.1) is 0 Å². The molecule has 0 saturated carbocycles. The molecule has 100 valence electrons. The van der Waals surface area contributed by atoms with Crippen molar-refractivity contribution in [1.82, 2.24) is 4.90 Å². The van der Waals surface area contributed by atoms with Crippen molar-refractivity contribution in [3.05, 3.63) is 28.8 Å². The van der Waals surface area contributed by atoms with Crippen molar-refractivity contribution in [1.29, 1.82) is 0 Å². The molecule has 0 aromatic heterocycles. The van der Waals surface area contributed by atoms with Crippen molar-refractivity contribution >= 4 is 11.6 Å². The Bertz CT molecular complexity index is 424. The number of likely N-dealkylation sites (tertiary alicyclic amines) is 1. The third kappa shape index (κ3) is 3.16. The van der Waals surface area contributed by atoms with E-state index in [1.54, 1.807) is 0 Å². The first-order chi connectivity index (χ1) is 8.52. The lowest BCUT2D eigenvalue weighted by atomic mass is 9.95. The zero-order valence-corrected chi connectivity index (χ0v) is 11.8. The number of nitrogens with zero attached hydrogens (tertiary/aromatic N) is 1. The first-order valence-electron chi connectivity index (χ1n) is 6.38. The molecule has 1 aromatic rings. The van der Waals surface area contributed by atoms with Crippen LogP contribution in [0.3, 0.4) is 0 Å². The van der Waals surface area contributed by atoms with Crippen molar-refractivity contribution < 1.29 is 4.74 Å². The lowest BCUT2D eigenvalue weighted by molar-refractivity contribution is 0.0156. The summed E-state index contributed by atoms with van der Waals surface area (Å²) in [6.07, 6.45) is 2.22. The quantitative estimate of drug-likeness (QED) is 0.916. The monoisotopic (exact) mass is 268 g/mol. The maximum Gasteiger partial charge on any atom is 0.138 e. The zero-order valence-electron chi connectivity index (χ0n) is 11.1. The van der Waals surface area contributed by atoms with Crippen LogP contribution in [0.2, 0.25) is 5.02 Å². The number of benzene rings is 1. The van der Waals surface area contributed by atoms with E-state index in [2.05, 4.69) is 18.9 Å². The predicted molar refractivity (Wildman–Crippen MR) is 75.1 cm³/mol. The molecule has 0 bridgehead atoms. The highest BCUT2D eigenvalue weighted by Crippen LogP contribution is 2.32. The minimum absolute atomic E-state index is 0.152. The molecule has 1 aromatic carbocycles. The molecule has 1 aliphatic heterocycles. The molecule has 0 aliphatic carbocycles. The Balaban J connectivity index is 2.13. The molecule has 0 radical (unpaired) electrons. The highest BCUT2D eigenvalue weighted by atomic mass is 35.5. The predicted octanol–water partition coefficient (Wildman–Crippen LogP) is 2.66. The van der Waals surface area contributed by atoms with Crippen LogP contribution in [0, 0.1) is 0 Å². The maximum absolute atomic E-state index is 6.23. The molecule has 18 heavy (non-hydrogen) atoms. The minimum atomic E-state index is -0.152. The number of halogens is 1. The number of rotatable bonds is 3. The molecule has 3 nitrogen and oxygen atoms in total. The van der Waals surface area contributed by atoms with Gasteiger partial charge < -0.3 is 15.4 Å². The third-order valence-corrected chi connectivity index (χ3v) is 3.73. The smallest absolute Gasteiger partial charge is 0.138 e. The summed E-state index contributed by atoms with van der Waals surface area (Å²) in [5.74, 6) is 0.756. The topological polar surface area (TPSA) is 38.5 Å². The molecule has 0 amide bonds. The van der Waals surface area contributed by atoms with E-state index in [0.29, 0.717) is 11.6 Å². The van der Waals surface area contributed by atoms with Gasteiger partial charge in [-0.3, -0.25) is 0 Å². The van der Waals surface area contributed by atoms with Gasteiger partial charge in [-0.05, 0) is 51.1 Å². The van der Waals surface area contributed by atoms with Crippen LogP contribution >= 0.6 is 11.6 Å².